The molecule has 1 heterocycles. The summed E-state index contributed by atoms with van der Waals surface area (Å²) < 4.78 is 0. The quantitative estimate of drug-likeness (QED) is 0.663. The fourth-order valence-corrected chi connectivity index (χ4v) is 1.50. The number of carbonyl (C=O) groups is 1. The molecule has 4 N–H and O–H groups in total. The lowest BCUT2D eigenvalue weighted by Crippen LogP contribution is -2.36. The lowest BCUT2D eigenvalue weighted by Gasteiger charge is -2.10. The molecule has 0 saturated heterocycles. The highest BCUT2D eigenvalue weighted by molar-refractivity contribution is 7.98. The van der Waals surface area contributed by atoms with Crippen LogP contribution in [0.15, 0.2) is 16.9 Å². The zero-order valence-corrected chi connectivity index (χ0v) is 9.71. The largest absolute Gasteiger partial charge is 0.320 e. The Morgan fingerprint density at radius 2 is 2.44 bits per heavy atom. The molecule has 0 saturated carbocycles. The number of hydrogen-bond donors (Lipinski definition) is 3. The molecule has 0 aliphatic carbocycles. The van der Waals surface area contributed by atoms with Crippen LogP contribution in [0, 0.1) is 0 Å². The van der Waals surface area contributed by atoms with E-state index in [9.17, 15) is 9.59 Å². The normalized spacial score (nSPS) is 12.1. The van der Waals surface area contributed by atoms with Gasteiger partial charge in [0.15, 0.2) is 5.82 Å². The predicted molar refractivity (Wildman–Crippen MR) is 64.5 cm³/mol. The summed E-state index contributed by atoms with van der Waals surface area (Å²) in [6.45, 7) is 0. The van der Waals surface area contributed by atoms with Crippen LogP contribution in [0.1, 0.15) is 6.42 Å². The Balaban J connectivity index is 2.50. The monoisotopic (exact) mass is 242 g/mol. The van der Waals surface area contributed by atoms with Gasteiger partial charge < -0.3 is 11.1 Å². The van der Waals surface area contributed by atoms with Gasteiger partial charge in [-0.15, -0.1) is 0 Å². The number of nitrogens with two attached hydrogens (primary N) is 1. The Kier molecular flexibility index (Phi) is 5.00. The van der Waals surface area contributed by atoms with Crippen molar-refractivity contribution >= 4 is 23.5 Å². The van der Waals surface area contributed by atoms with Gasteiger partial charge in [0.05, 0.1) is 6.04 Å². The van der Waals surface area contributed by atoms with Gasteiger partial charge in [-0.3, -0.25) is 9.59 Å². The molecule has 6 nitrogen and oxygen atoms in total. The summed E-state index contributed by atoms with van der Waals surface area (Å²) >= 11 is 1.63. The van der Waals surface area contributed by atoms with E-state index in [1.165, 1.54) is 12.1 Å². The number of nitrogens with one attached hydrogen (secondary N) is 2. The molecule has 0 aromatic carbocycles. The molecule has 0 unspecified atom stereocenters. The lowest BCUT2D eigenvalue weighted by atomic mass is 10.2. The van der Waals surface area contributed by atoms with Crippen LogP contribution in [0.3, 0.4) is 0 Å². The van der Waals surface area contributed by atoms with E-state index in [4.69, 9.17) is 5.73 Å². The molecule has 1 amide bonds. The van der Waals surface area contributed by atoms with Gasteiger partial charge in [-0.1, -0.05) is 0 Å². The van der Waals surface area contributed by atoms with Gasteiger partial charge in [-0.25, -0.2) is 5.10 Å². The molecule has 1 rings (SSSR count). The summed E-state index contributed by atoms with van der Waals surface area (Å²) in [6.07, 6.45) is 2.56. The second kappa shape index (κ2) is 6.29. The first-order valence-corrected chi connectivity index (χ1v) is 6.14. The molecule has 0 radical (unpaired) electrons. The molecule has 0 aliphatic rings. The summed E-state index contributed by atoms with van der Waals surface area (Å²) in [4.78, 5) is 22.3. The van der Waals surface area contributed by atoms with Gasteiger partial charge in [0.2, 0.25) is 5.91 Å². The smallest absolute Gasteiger partial charge is 0.264 e. The van der Waals surface area contributed by atoms with Crippen molar-refractivity contribution in [3.05, 3.63) is 22.5 Å². The highest BCUT2D eigenvalue weighted by atomic mass is 32.2. The minimum absolute atomic E-state index is 0.296. The third-order valence-electron chi connectivity index (χ3n) is 1.90. The zero-order valence-electron chi connectivity index (χ0n) is 8.90. The van der Waals surface area contributed by atoms with E-state index in [1.54, 1.807) is 11.8 Å². The molecule has 1 atom stereocenters. The summed E-state index contributed by atoms with van der Waals surface area (Å²) in [5, 5.41) is 8.40. The van der Waals surface area contributed by atoms with Crippen molar-refractivity contribution in [2.45, 2.75) is 12.5 Å². The van der Waals surface area contributed by atoms with Gasteiger partial charge in [0, 0.05) is 6.07 Å². The van der Waals surface area contributed by atoms with Gasteiger partial charge in [0.25, 0.3) is 5.56 Å². The number of thioether (sulfide) groups is 1. The van der Waals surface area contributed by atoms with Gasteiger partial charge in [-0.05, 0) is 24.5 Å². The van der Waals surface area contributed by atoms with Crippen LogP contribution in [0.4, 0.5) is 5.82 Å². The molecule has 16 heavy (non-hydrogen) atoms. The van der Waals surface area contributed by atoms with Gasteiger partial charge >= 0.3 is 0 Å². The third-order valence-corrected chi connectivity index (χ3v) is 2.54. The average molecular weight is 242 g/mol. The van der Waals surface area contributed by atoms with E-state index in [2.05, 4.69) is 15.5 Å². The first-order valence-electron chi connectivity index (χ1n) is 4.74. The molecule has 0 spiro atoms. The standard InChI is InChI=1S/C9H14N4O2S/c1-16-5-4-6(10)9(15)11-7-2-3-8(14)13-12-7/h2-3,6H,4-5,10H2,1H3,(H,13,14)(H,11,12,15)/t6-/m1/s1. The van der Waals surface area contributed by atoms with Crippen molar-refractivity contribution in [1.82, 2.24) is 10.2 Å². The lowest BCUT2D eigenvalue weighted by molar-refractivity contribution is -0.117. The van der Waals surface area contributed by atoms with Gasteiger partial charge in [-0.2, -0.15) is 16.9 Å². The maximum atomic E-state index is 11.5. The van der Waals surface area contributed by atoms with Crippen LogP contribution in [0.25, 0.3) is 0 Å². The molecular weight excluding hydrogens is 228 g/mol. The summed E-state index contributed by atoms with van der Waals surface area (Å²) in [7, 11) is 0. The zero-order chi connectivity index (χ0) is 12.0. The highest BCUT2D eigenvalue weighted by Gasteiger charge is 2.13. The number of amides is 1. The maximum Gasteiger partial charge on any atom is 0.264 e. The topological polar surface area (TPSA) is 101 Å². The van der Waals surface area contributed by atoms with Crippen LogP contribution in [-0.4, -0.2) is 34.2 Å². The van der Waals surface area contributed by atoms with Crippen molar-refractivity contribution in [3.8, 4) is 0 Å². The number of hydrogen-bond acceptors (Lipinski definition) is 5. The van der Waals surface area contributed by atoms with E-state index in [-0.39, 0.29) is 11.5 Å². The first kappa shape index (κ1) is 12.7. The Morgan fingerprint density at radius 1 is 1.69 bits per heavy atom. The summed E-state index contributed by atoms with van der Waals surface area (Å²) in [6, 6.07) is 2.16. The second-order valence-corrected chi connectivity index (χ2v) is 4.17. The summed E-state index contributed by atoms with van der Waals surface area (Å²) in [5.41, 5.74) is 5.34. The molecule has 0 bridgehead atoms. The minimum atomic E-state index is -0.554. The Morgan fingerprint density at radius 3 is 3.00 bits per heavy atom. The number of anilines is 1. The Hall–Kier alpha value is -1.34. The number of carbonyl (C=O) groups excluding carboxylic acids is 1. The SMILES string of the molecule is CSCC[C@@H](N)C(=O)Nc1ccc(=O)[nH]n1. The number of aromatic nitrogens is 2. The molecule has 0 aliphatic heterocycles. The van der Waals surface area contributed by atoms with Crippen molar-refractivity contribution in [2.75, 3.05) is 17.3 Å². The van der Waals surface area contributed by atoms with E-state index in [1.807, 2.05) is 6.26 Å². The van der Waals surface area contributed by atoms with Crippen LogP contribution in [0.5, 0.6) is 0 Å². The Bertz CT molecular complexity index is 386. The number of rotatable bonds is 5. The van der Waals surface area contributed by atoms with Crippen molar-refractivity contribution in [3.63, 3.8) is 0 Å². The van der Waals surface area contributed by atoms with Crippen LogP contribution >= 0.6 is 11.8 Å². The summed E-state index contributed by atoms with van der Waals surface area (Å²) in [5.74, 6) is 0.825. The molecule has 0 fully saturated rings. The second-order valence-electron chi connectivity index (χ2n) is 3.18. The molecule has 1 aromatic rings. The van der Waals surface area contributed by atoms with E-state index < -0.39 is 6.04 Å². The predicted octanol–water partition coefficient (Wildman–Crippen LogP) is -0.211. The molecule has 7 heteroatoms. The average Bonchev–Trinajstić information content (AvgIpc) is 2.29. The van der Waals surface area contributed by atoms with Crippen molar-refractivity contribution in [2.24, 2.45) is 5.73 Å². The van der Waals surface area contributed by atoms with E-state index in [0.29, 0.717) is 12.2 Å². The third kappa shape index (κ3) is 4.03. The van der Waals surface area contributed by atoms with E-state index >= 15 is 0 Å². The molecular formula is C9H14N4O2S. The van der Waals surface area contributed by atoms with Crippen LogP contribution in [-0.2, 0) is 4.79 Å². The Labute approximate surface area is 97.0 Å². The molecule has 1 aromatic heterocycles. The van der Waals surface area contributed by atoms with Gasteiger partial charge in [0.1, 0.15) is 0 Å². The fraction of sp³-hybridized carbons (Fsp3) is 0.444. The van der Waals surface area contributed by atoms with Crippen LogP contribution < -0.4 is 16.6 Å². The number of aromatic amines is 1. The fourth-order valence-electron chi connectivity index (χ4n) is 1.01. The van der Waals surface area contributed by atoms with E-state index in [0.717, 1.165) is 5.75 Å². The first-order chi connectivity index (χ1) is 7.63. The van der Waals surface area contributed by atoms with Crippen molar-refractivity contribution in [1.29, 1.82) is 0 Å². The minimum Gasteiger partial charge on any atom is -0.320 e. The van der Waals surface area contributed by atoms with Crippen molar-refractivity contribution < 1.29 is 4.79 Å². The van der Waals surface area contributed by atoms with Crippen LogP contribution in [0.2, 0.25) is 0 Å². The highest BCUT2D eigenvalue weighted by Crippen LogP contribution is 2.02. The maximum absolute atomic E-state index is 11.5. The number of H-pyrrole nitrogens is 1. The number of nitrogens with zero attached hydrogens (tertiary/aromatic N) is 1. The molecule has 88 valence electrons.